The topological polar surface area (TPSA) is 41.1 Å². The van der Waals surface area contributed by atoms with E-state index in [2.05, 4.69) is 16.9 Å². The molecule has 4 heteroatoms. The third-order valence-electron chi connectivity index (χ3n) is 2.54. The number of carbonyl (C=O) groups excluding carboxylic acids is 1. The van der Waals surface area contributed by atoms with Gasteiger partial charge < -0.3 is 10.6 Å². The number of rotatable bonds is 8. The van der Waals surface area contributed by atoms with E-state index in [4.69, 9.17) is 0 Å². The molecule has 1 fully saturated rings. The van der Waals surface area contributed by atoms with Crippen molar-refractivity contribution < 1.29 is 4.79 Å². The van der Waals surface area contributed by atoms with Gasteiger partial charge in [0.2, 0.25) is 5.91 Å². The van der Waals surface area contributed by atoms with E-state index in [0.29, 0.717) is 6.04 Å². The summed E-state index contributed by atoms with van der Waals surface area (Å²) < 4.78 is 0. The molecule has 1 atom stereocenters. The lowest BCUT2D eigenvalue weighted by Crippen LogP contribution is -2.43. The highest BCUT2D eigenvalue weighted by molar-refractivity contribution is 7.98. The molecule has 0 aromatic rings. The summed E-state index contributed by atoms with van der Waals surface area (Å²) in [5, 5.41) is 6.25. The van der Waals surface area contributed by atoms with Gasteiger partial charge in [-0.1, -0.05) is 0 Å². The number of hydrogen-bond acceptors (Lipinski definition) is 3. The van der Waals surface area contributed by atoms with Crippen LogP contribution in [0.4, 0.5) is 0 Å². The second-order valence-electron chi connectivity index (χ2n) is 4.16. The normalized spacial score (nSPS) is 17.5. The molecule has 0 aromatic heterocycles. The smallest absolute Gasteiger partial charge is 0.237 e. The highest BCUT2D eigenvalue weighted by atomic mass is 32.2. The Labute approximate surface area is 96.8 Å². The first-order valence-corrected chi connectivity index (χ1v) is 7.16. The first-order valence-electron chi connectivity index (χ1n) is 5.76. The van der Waals surface area contributed by atoms with Crippen LogP contribution in [0.5, 0.6) is 0 Å². The first-order chi connectivity index (χ1) is 7.24. The van der Waals surface area contributed by atoms with Crippen molar-refractivity contribution in [2.45, 2.75) is 44.7 Å². The number of nitrogens with one attached hydrogen (secondary N) is 2. The molecule has 1 amide bonds. The zero-order valence-corrected chi connectivity index (χ0v) is 10.5. The summed E-state index contributed by atoms with van der Waals surface area (Å²) >= 11 is 1.88. The van der Waals surface area contributed by atoms with Crippen molar-refractivity contribution in [2.75, 3.05) is 18.6 Å². The quantitative estimate of drug-likeness (QED) is 0.619. The maximum atomic E-state index is 11.5. The maximum Gasteiger partial charge on any atom is 0.237 e. The summed E-state index contributed by atoms with van der Waals surface area (Å²) in [5.74, 6) is 1.37. The van der Waals surface area contributed by atoms with E-state index in [0.717, 1.165) is 25.8 Å². The van der Waals surface area contributed by atoms with E-state index >= 15 is 0 Å². The minimum Gasteiger partial charge on any atom is -0.352 e. The zero-order valence-electron chi connectivity index (χ0n) is 9.71. The van der Waals surface area contributed by atoms with Crippen LogP contribution in [0, 0.1) is 0 Å². The number of carbonyl (C=O) groups is 1. The maximum absolute atomic E-state index is 11.5. The molecule has 0 radical (unpaired) electrons. The Hall–Kier alpha value is -0.220. The monoisotopic (exact) mass is 230 g/mol. The molecule has 1 aliphatic carbocycles. The second-order valence-corrected chi connectivity index (χ2v) is 5.14. The van der Waals surface area contributed by atoms with Gasteiger partial charge in [-0.25, -0.2) is 0 Å². The Morgan fingerprint density at radius 2 is 2.20 bits per heavy atom. The van der Waals surface area contributed by atoms with Crippen molar-refractivity contribution >= 4 is 17.7 Å². The number of thioether (sulfide) groups is 1. The Kier molecular flexibility index (Phi) is 6.10. The zero-order chi connectivity index (χ0) is 11.1. The van der Waals surface area contributed by atoms with Gasteiger partial charge in [0, 0.05) is 6.04 Å². The molecule has 15 heavy (non-hydrogen) atoms. The molecule has 1 unspecified atom stereocenters. The predicted molar refractivity (Wildman–Crippen MR) is 66.2 cm³/mol. The summed E-state index contributed by atoms with van der Waals surface area (Å²) in [6.07, 6.45) is 6.82. The molecule has 0 spiro atoms. The van der Waals surface area contributed by atoms with Crippen LogP contribution in [0.15, 0.2) is 0 Å². The highest BCUT2D eigenvalue weighted by Crippen LogP contribution is 2.18. The largest absolute Gasteiger partial charge is 0.352 e. The molecular weight excluding hydrogens is 208 g/mol. The molecule has 0 aliphatic heterocycles. The molecule has 2 N–H and O–H groups in total. The van der Waals surface area contributed by atoms with Gasteiger partial charge in [-0.05, 0) is 51.2 Å². The summed E-state index contributed by atoms with van der Waals surface area (Å²) in [4.78, 5) is 11.5. The van der Waals surface area contributed by atoms with Crippen LogP contribution in [0.1, 0.15) is 32.6 Å². The molecule has 1 saturated carbocycles. The van der Waals surface area contributed by atoms with Crippen LogP contribution in [-0.2, 0) is 4.79 Å². The van der Waals surface area contributed by atoms with Gasteiger partial charge in [0.25, 0.3) is 0 Å². The lowest BCUT2D eigenvalue weighted by atomic mass is 10.2. The van der Waals surface area contributed by atoms with Crippen molar-refractivity contribution in [2.24, 2.45) is 0 Å². The van der Waals surface area contributed by atoms with Gasteiger partial charge in [-0.2, -0.15) is 11.8 Å². The van der Waals surface area contributed by atoms with Gasteiger partial charge in [0.15, 0.2) is 0 Å². The van der Waals surface area contributed by atoms with E-state index in [1.54, 1.807) is 0 Å². The Balaban J connectivity index is 1.96. The minimum atomic E-state index is -0.0418. The third-order valence-corrected chi connectivity index (χ3v) is 3.24. The van der Waals surface area contributed by atoms with Gasteiger partial charge >= 0.3 is 0 Å². The Morgan fingerprint density at radius 3 is 2.80 bits per heavy atom. The summed E-state index contributed by atoms with van der Waals surface area (Å²) in [6, 6.07) is 0.429. The van der Waals surface area contributed by atoms with Gasteiger partial charge in [-0.3, -0.25) is 4.79 Å². The molecule has 0 saturated heterocycles. The fraction of sp³-hybridized carbons (Fsp3) is 0.909. The third kappa shape index (κ3) is 6.05. The number of hydrogen-bond donors (Lipinski definition) is 2. The lowest BCUT2D eigenvalue weighted by Gasteiger charge is -2.13. The Morgan fingerprint density at radius 1 is 1.47 bits per heavy atom. The summed E-state index contributed by atoms with van der Waals surface area (Å²) in [7, 11) is 0. The van der Waals surface area contributed by atoms with Crippen molar-refractivity contribution in [3.63, 3.8) is 0 Å². The predicted octanol–water partition coefficient (Wildman–Crippen LogP) is 1.39. The second kappa shape index (κ2) is 7.12. The first kappa shape index (κ1) is 12.8. The van der Waals surface area contributed by atoms with Crippen LogP contribution >= 0.6 is 11.8 Å². The van der Waals surface area contributed by atoms with E-state index in [1.807, 2.05) is 18.7 Å². The molecule has 3 nitrogen and oxygen atoms in total. The molecule has 0 aromatic carbocycles. The fourth-order valence-electron chi connectivity index (χ4n) is 1.34. The van der Waals surface area contributed by atoms with Crippen LogP contribution < -0.4 is 10.6 Å². The lowest BCUT2D eigenvalue weighted by molar-refractivity contribution is -0.122. The van der Waals surface area contributed by atoms with E-state index in [9.17, 15) is 4.79 Å². The number of amides is 1. The van der Waals surface area contributed by atoms with Crippen LogP contribution in [0.25, 0.3) is 0 Å². The molecule has 0 bridgehead atoms. The van der Waals surface area contributed by atoms with E-state index < -0.39 is 0 Å². The molecule has 1 aliphatic rings. The Bertz CT molecular complexity index is 195. The van der Waals surface area contributed by atoms with Gasteiger partial charge in [0.1, 0.15) is 0 Å². The summed E-state index contributed by atoms with van der Waals surface area (Å²) in [6.45, 7) is 2.88. The summed E-state index contributed by atoms with van der Waals surface area (Å²) in [5.41, 5.74) is 0. The molecular formula is C11H22N2OS. The molecule has 1 rings (SSSR count). The standard InChI is InChI=1S/C11H22N2OS/c1-9(11(14)13-10-5-6-10)12-7-3-4-8-15-2/h9-10,12H,3-8H2,1-2H3,(H,13,14). The fourth-order valence-corrected chi connectivity index (χ4v) is 1.83. The average molecular weight is 230 g/mol. The van der Waals surface area contributed by atoms with Crippen molar-refractivity contribution in [3.8, 4) is 0 Å². The van der Waals surface area contributed by atoms with Crippen LogP contribution in [0.2, 0.25) is 0 Å². The average Bonchev–Trinajstić information content (AvgIpc) is 3.01. The minimum absolute atomic E-state index is 0.0418. The van der Waals surface area contributed by atoms with Crippen LogP contribution in [-0.4, -0.2) is 36.5 Å². The van der Waals surface area contributed by atoms with Crippen molar-refractivity contribution in [1.29, 1.82) is 0 Å². The van der Waals surface area contributed by atoms with Crippen molar-refractivity contribution in [3.05, 3.63) is 0 Å². The van der Waals surface area contributed by atoms with Gasteiger partial charge in [-0.15, -0.1) is 0 Å². The molecule has 88 valence electrons. The van der Waals surface area contributed by atoms with Crippen LogP contribution in [0.3, 0.4) is 0 Å². The highest BCUT2D eigenvalue weighted by Gasteiger charge is 2.25. The van der Waals surface area contributed by atoms with Gasteiger partial charge in [0.05, 0.1) is 6.04 Å². The molecule has 0 heterocycles. The van der Waals surface area contributed by atoms with E-state index in [-0.39, 0.29) is 11.9 Å². The van der Waals surface area contributed by atoms with Crippen molar-refractivity contribution in [1.82, 2.24) is 10.6 Å². The number of unbranched alkanes of at least 4 members (excludes halogenated alkanes) is 1. The SMILES string of the molecule is CSCCCCNC(C)C(=O)NC1CC1. The van der Waals surface area contributed by atoms with E-state index in [1.165, 1.54) is 12.2 Å².